The van der Waals surface area contributed by atoms with Gasteiger partial charge in [-0.25, -0.2) is 4.39 Å². The van der Waals surface area contributed by atoms with Gasteiger partial charge in [-0.3, -0.25) is 4.99 Å². The predicted molar refractivity (Wildman–Crippen MR) is 70.0 cm³/mol. The highest BCUT2D eigenvalue weighted by atomic mass is 79.9. The summed E-state index contributed by atoms with van der Waals surface area (Å²) in [6.45, 7) is 3.47. The number of hydrogen-bond acceptors (Lipinski definition) is 2. The molecule has 0 bridgehead atoms. The van der Waals surface area contributed by atoms with Gasteiger partial charge in [0, 0.05) is 15.7 Å². The molecule has 17 heavy (non-hydrogen) atoms. The van der Waals surface area contributed by atoms with Crippen LogP contribution in [0.4, 0.5) is 4.39 Å². The Balaban J connectivity index is 2.37. The van der Waals surface area contributed by atoms with E-state index in [1.807, 2.05) is 0 Å². The van der Waals surface area contributed by atoms with Gasteiger partial charge in [-0.1, -0.05) is 22.0 Å². The third kappa shape index (κ3) is 2.58. The first kappa shape index (κ1) is 12.7. The van der Waals surface area contributed by atoms with Crippen LogP contribution in [0.25, 0.3) is 0 Å². The van der Waals surface area contributed by atoms with Gasteiger partial charge in [-0.15, -0.1) is 0 Å². The molecule has 92 valence electrons. The standard InChI is InChI=1S/C13H15BrFNO/c1-13(2,17)11-7-6-10(16-11)12-8(14)4-3-5-9(12)15/h3-5,11,17H,6-7H2,1-2H3/t11-/m1/s1. The van der Waals surface area contributed by atoms with Crippen molar-refractivity contribution in [1.82, 2.24) is 0 Å². The molecule has 2 rings (SSSR count). The third-order valence-corrected chi connectivity index (χ3v) is 3.69. The van der Waals surface area contributed by atoms with Crippen LogP contribution in [0.2, 0.25) is 0 Å². The molecule has 1 aliphatic rings. The molecule has 2 nitrogen and oxygen atoms in total. The van der Waals surface area contributed by atoms with Gasteiger partial charge < -0.3 is 5.11 Å². The monoisotopic (exact) mass is 299 g/mol. The minimum Gasteiger partial charge on any atom is -0.388 e. The second-order valence-corrected chi connectivity index (χ2v) is 5.73. The number of hydrogen-bond donors (Lipinski definition) is 1. The molecule has 0 fully saturated rings. The second-order valence-electron chi connectivity index (χ2n) is 4.88. The molecule has 0 amide bonds. The van der Waals surface area contributed by atoms with E-state index in [4.69, 9.17) is 0 Å². The highest BCUT2D eigenvalue weighted by Gasteiger charge is 2.32. The summed E-state index contributed by atoms with van der Waals surface area (Å²) in [4.78, 5) is 4.45. The molecule has 1 N–H and O–H groups in total. The van der Waals surface area contributed by atoms with Crippen LogP contribution in [0.3, 0.4) is 0 Å². The molecule has 0 spiro atoms. The second kappa shape index (κ2) is 4.50. The summed E-state index contributed by atoms with van der Waals surface area (Å²) >= 11 is 3.34. The Kier molecular flexibility index (Phi) is 3.36. The largest absolute Gasteiger partial charge is 0.388 e. The van der Waals surface area contributed by atoms with E-state index in [9.17, 15) is 9.50 Å². The van der Waals surface area contributed by atoms with Crippen molar-refractivity contribution in [3.63, 3.8) is 0 Å². The highest BCUT2D eigenvalue weighted by molar-refractivity contribution is 9.10. The molecule has 0 aliphatic carbocycles. The van der Waals surface area contributed by atoms with Crippen molar-refractivity contribution < 1.29 is 9.50 Å². The zero-order valence-electron chi connectivity index (χ0n) is 9.87. The average molecular weight is 300 g/mol. The topological polar surface area (TPSA) is 32.6 Å². The molecular formula is C13H15BrFNO. The van der Waals surface area contributed by atoms with Crippen LogP contribution in [0, 0.1) is 5.82 Å². The highest BCUT2D eigenvalue weighted by Crippen LogP contribution is 2.30. The van der Waals surface area contributed by atoms with Crippen LogP contribution < -0.4 is 0 Å². The summed E-state index contributed by atoms with van der Waals surface area (Å²) < 4.78 is 14.5. The van der Waals surface area contributed by atoms with Gasteiger partial charge in [-0.05, 0) is 38.8 Å². The van der Waals surface area contributed by atoms with Crippen molar-refractivity contribution in [3.8, 4) is 0 Å². The zero-order valence-corrected chi connectivity index (χ0v) is 11.5. The lowest BCUT2D eigenvalue weighted by atomic mass is 9.97. The maximum atomic E-state index is 13.8. The van der Waals surface area contributed by atoms with Gasteiger partial charge in [0.25, 0.3) is 0 Å². The summed E-state index contributed by atoms with van der Waals surface area (Å²) in [7, 11) is 0. The van der Waals surface area contributed by atoms with Gasteiger partial charge in [-0.2, -0.15) is 0 Å². The number of rotatable bonds is 2. The fourth-order valence-corrected chi connectivity index (χ4v) is 2.64. The minimum absolute atomic E-state index is 0.149. The summed E-state index contributed by atoms with van der Waals surface area (Å²) in [5.41, 5.74) is 0.417. The molecule has 0 aromatic heterocycles. The molecule has 0 unspecified atom stereocenters. The van der Waals surface area contributed by atoms with Gasteiger partial charge in [0.05, 0.1) is 11.6 Å². The van der Waals surface area contributed by atoms with E-state index in [1.54, 1.807) is 26.0 Å². The summed E-state index contributed by atoms with van der Waals surface area (Å²) in [6.07, 6.45) is 1.47. The molecule has 1 aromatic carbocycles. The first-order chi connectivity index (χ1) is 7.89. The smallest absolute Gasteiger partial charge is 0.133 e. The molecule has 1 aliphatic heterocycles. The Labute approximate surface area is 109 Å². The minimum atomic E-state index is -0.848. The summed E-state index contributed by atoms with van der Waals surface area (Å²) in [5.74, 6) is -0.269. The summed E-state index contributed by atoms with van der Waals surface area (Å²) in [5, 5.41) is 9.91. The SMILES string of the molecule is CC(C)(O)[C@H]1CCC(c2c(F)cccc2Br)=N1. The Morgan fingerprint density at radius 2 is 2.18 bits per heavy atom. The molecular weight excluding hydrogens is 285 g/mol. The van der Waals surface area contributed by atoms with Crippen molar-refractivity contribution in [1.29, 1.82) is 0 Å². The molecule has 0 saturated heterocycles. The normalized spacial score (nSPS) is 20.5. The van der Waals surface area contributed by atoms with E-state index in [1.165, 1.54) is 6.07 Å². The molecule has 1 aromatic rings. The number of aliphatic imine (C=N–C) groups is 1. The first-order valence-electron chi connectivity index (χ1n) is 5.63. The van der Waals surface area contributed by atoms with E-state index in [0.717, 1.165) is 12.1 Å². The van der Waals surface area contributed by atoms with E-state index < -0.39 is 5.60 Å². The van der Waals surface area contributed by atoms with Crippen molar-refractivity contribution >= 4 is 21.6 Å². The number of nitrogens with zero attached hydrogens (tertiary/aromatic N) is 1. The fraction of sp³-hybridized carbons (Fsp3) is 0.462. The van der Waals surface area contributed by atoms with Crippen LogP contribution in [0.15, 0.2) is 27.7 Å². The third-order valence-electron chi connectivity index (χ3n) is 3.03. The van der Waals surface area contributed by atoms with Crippen LogP contribution in [0.1, 0.15) is 32.3 Å². The van der Waals surface area contributed by atoms with Gasteiger partial charge in [0.15, 0.2) is 0 Å². The zero-order chi connectivity index (χ0) is 12.6. The van der Waals surface area contributed by atoms with E-state index >= 15 is 0 Å². The average Bonchev–Trinajstić information content (AvgIpc) is 2.65. The molecule has 4 heteroatoms. The fourth-order valence-electron chi connectivity index (χ4n) is 2.06. The quantitative estimate of drug-likeness (QED) is 0.893. The molecule has 0 saturated carbocycles. The van der Waals surface area contributed by atoms with Crippen molar-refractivity contribution in [2.24, 2.45) is 4.99 Å². The lowest BCUT2D eigenvalue weighted by Crippen LogP contribution is -2.32. The van der Waals surface area contributed by atoms with Gasteiger partial charge in [0.2, 0.25) is 0 Å². The number of aliphatic hydroxyl groups is 1. The molecule has 0 radical (unpaired) electrons. The maximum Gasteiger partial charge on any atom is 0.133 e. The van der Waals surface area contributed by atoms with E-state index in [0.29, 0.717) is 16.5 Å². The Bertz CT molecular complexity index is 445. The van der Waals surface area contributed by atoms with Crippen LogP contribution >= 0.6 is 15.9 Å². The summed E-state index contributed by atoms with van der Waals surface area (Å²) in [6, 6.07) is 4.74. The van der Waals surface area contributed by atoms with Crippen molar-refractivity contribution in [2.75, 3.05) is 0 Å². The molecule has 1 heterocycles. The Hall–Kier alpha value is -0.740. The Morgan fingerprint density at radius 1 is 1.47 bits per heavy atom. The van der Waals surface area contributed by atoms with Crippen molar-refractivity contribution in [3.05, 3.63) is 34.1 Å². The van der Waals surface area contributed by atoms with Crippen LogP contribution in [-0.2, 0) is 0 Å². The van der Waals surface area contributed by atoms with Gasteiger partial charge in [0.1, 0.15) is 5.82 Å². The molecule has 1 atom stereocenters. The number of benzene rings is 1. The van der Waals surface area contributed by atoms with Crippen molar-refractivity contribution in [2.45, 2.75) is 38.3 Å². The maximum absolute atomic E-state index is 13.8. The van der Waals surface area contributed by atoms with Crippen LogP contribution in [0.5, 0.6) is 0 Å². The number of halogens is 2. The Morgan fingerprint density at radius 3 is 2.71 bits per heavy atom. The van der Waals surface area contributed by atoms with Crippen LogP contribution in [-0.4, -0.2) is 22.5 Å². The first-order valence-corrected chi connectivity index (χ1v) is 6.42. The van der Waals surface area contributed by atoms with E-state index in [2.05, 4.69) is 20.9 Å². The lowest BCUT2D eigenvalue weighted by molar-refractivity contribution is 0.0535. The lowest BCUT2D eigenvalue weighted by Gasteiger charge is -2.22. The van der Waals surface area contributed by atoms with E-state index in [-0.39, 0.29) is 11.9 Å². The predicted octanol–water partition coefficient (Wildman–Crippen LogP) is 3.31. The van der Waals surface area contributed by atoms with Gasteiger partial charge >= 0.3 is 0 Å².